The third-order valence-corrected chi connectivity index (χ3v) is 5.95. The van der Waals surface area contributed by atoms with E-state index in [1.54, 1.807) is 20.8 Å². The minimum atomic E-state index is -1.27. The van der Waals surface area contributed by atoms with Crippen molar-refractivity contribution in [2.75, 3.05) is 19.7 Å². The molecule has 1 amide bonds. The van der Waals surface area contributed by atoms with Gasteiger partial charge in [-0.15, -0.1) is 0 Å². The highest BCUT2D eigenvalue weighted by molar-refractivity contribution is 5.85. The van der Waals surface area contributed by atoms with Crippen LogP contribution in [-0.4, -0.2) is 64.5 Å². The highest BCUT2D eigenvalue weighted by Crippen LogP contribution is 2.42. The van der Waals surface area contributed by atoms with Gasteiger partial charge in [-0.1, -0.05) is 12.8 Å². The van der Waals surface area contributed by atoms with E-state index < -0.39 is 23.2 Å². The molecule has 0 aromatic rings. The van der Waals surface area contributed by atoms with E-state index in [1.165, 1.54) is 12.8 Å². The van der Waals surface area contributed by atoms with Crippen molar-refractivity contribution in [2.24, 2.45) is 0 Å². The van der Waals surface area contributed by atoms with E-state index in [4.69, 9.17) is 9.47 Å². The monoisotopic (exact) mass is 368 g/mol. The highest BCUT2D eigenvalue weighted by Gasteiger charge is 2.50. The molecule has 2 heterocycles. The Morgan fingerprint density at radius 2 is 1.92 bits per heavy atom. The van der Waals surface area contributed by atoms with Crippen molar-refractivity contribution in [3.63, 3.8) is 0 Å². The summed E-state index contributed by atoms with van der Waals surface area (Å²) in [6.07, 6.45) is 6.26. The molecule has 1 saturated carbocycles. The van der Waals surface area contributed by atoms with E-state index in [-0.39, 0.29) is 5.60 Å². The molecule has 2 N–H and O–H groups in total. The van der Waals surface area contributed by atoms with Gasteiger partial charge in [0.15, 0.2) is 5.54 Å². The largest absolute Gasteiger partial charge is 0.479 e. The van der Waals surface area contributed by atoms with E-state index in [0.717, 1.165) is 32.3 Å². The van der Waals surface area contributed by atoms with Gasteiger partial charge < -0.3 is 19.9 Å². The summed E-state index contributed by atoms with van der Waals surface area (Å²) in [7, 11) is 0. The maximum absolute atomic E-state index is 12.2. The molecule has 148 valence electrons. The molecule has 2 saturated heterocycles. The number of alkyl carbamates (subject to hydrolysis) is 1. The molecule has 2 aliphatic heterocycles. The maximum Gasteiger partial charge on any atom is 0.408 e. The first-order valence-corrected chi connectivity index (χ1v) is 9.76. The lowest BCUT2D eigenvalue weighted by Crippen LogP contribution is -2.58. The zero-order chi connectivity index (χ0) is 19.0. The van der Waals surface area contributed by atoms with Crippen LogP contribution in [0.3, 0.4) is 0 Å². The van der Waals surface area contributed by atoms with Crippen molar-refractivity contribution in [1.29, 1.82) is 0 Å². The molecule has 0 aromatic heterocycles. The number of carbonyl (C=O) groups is 2. The Morgan fingerprint density at radius 1 is 1.23 bits per heavy atom. The molecule has 0 aromatic carbocycles. The predicted molar refractivity (Wildman–Crippen MR) is 96.1 cm³/mol. The van der Waals surface area contributed by atoms with Crippen molar-refractivity contribution in [1.82, 2.24) is 10.2 Å². The van der Waals surface area contributed by atoms with Crippen LogP contribution in [0.5, 0.6) is 0 Å². The smallest absolute Gasteiger partial charge is 0.408 e. The maximum atomic E-state index is 12.2. The fraction of sp³-hybridized carbons (Fsp3) is 0.895. The van der Waals surface area contributed by atoms with Crippen molar-refractivity contribution < 1.29 is 24.2 Å². The molecule has 0 radical (unpaired) electrons. The van der Waals surface area contributed by atoms with Crippen molar-refractivity contribution in [3.8, 4) is 0 Å². The zero-order valence-electron chi connectivity index (χ0n) is 16.2. The highest BCUT2D eigenvalue weighted by atomic mass is 16.6. The van der Waals surface area contributed by atoms with Gasteiger partial charge in [0.1, 0.15) is 5.60 Å². The normalized spacial score (nSPS) is 31.9. The van der Waals surface area contributed by atoms with Crippen LogP contribution >= 0.6 is 0 Å². The molecule has 7 heteroatoms. The Kier molecular flexibility index (Phi) is 5.23. The molecule has 2 unspecified atom stereocenters. The lowest BCUT2D eigenvalue weighted by molar-refractivity contribution is -0.144. The number of nitrogens with zero attached hydrogens (tertiary/aromatic N) is 1. The lowest BCUT2D eigenvalue weighted by atomic mass is 9.88. The fourth-order valence-electron chi connectivity index (χ4n) is 4.66. The third-order valence-electron chi connectivity index (χ3n) is 5.95. The van der Waals surface area contributed by atoms with Crippen molar-refractivity contribution in [2.45, 2.75) is 88.5 Å². The molecule has 1 spiro atoms. The molecule has 1 aliphatic carbocycles. The number of hydrogen-bond donors (Lipinski definition) is 2. The average Bonchev–Trinajstić information content (AvgIpc) is 3.14. The summed E-state index contributed by atoms with van der Waals surface area (Å²) in [4.78, 5) is 26.4. The lowest BCUT2D eigenvalue weighted by Gasteiger charge is -2.42. The van der Waals surface area contributed by atoms with Gasteiger partial charge in [-0.25, -0.2) is 9.59 Å². The molecule has 3 fully saturated rings. The summed E-state index contributed by atoms with van der Waals surface area (Å²) in [5, 5.41) is 12.5. The molecular formula is C19H32N2O5. The average molecular weight is 368 g/mol. The third kappa shape index (κ3) is 4.14. The van der Waals surface area contributed by atoms with E-state index in [2.05, 4.69) is 10.2 Å². The van der Waals surface area contributed by atoms with E-state index in [0.29, 0.717) is 25.6 Å². The standard InChI is InChI=1S/C19H32N2O5/c1-17(2,3)26-16(24)20-19(15(22)23)9-10-21(13-19)14-6-11-25-18(12-14)7-4-5-8-18/h14H,4-13H2,1-3H3,(H,20,24)(H,22,23). The summed E-state index contributed by atoms with van der Waals surface area (Å²) in [5.74, 6) is -0.992. The van der Waals surface area contributed by atoms with Crippen LogP contribution < -0.4 is 5.32 Å². The van der Waals surface area contributed by atoms with Gasteiger partial charge in [0, 0.05) is 25.7 Å². The number of carbonyl (C=O) groups excluding carboxylic acids is 1. The molecule has 7 nitrogen and oxygen atoms in total. The minimum Gasteiger partial charge on any atom is -0.479 e. The summed E-state index contributed by atoms with van der Waals surface area (Å²) in [5.41, 5.74) is -1.93. The first kappa shape index (κ1) is 19.4. The minimum absolute atomic E-state index is 0.00398. The van der Waals surface area contributed by atoms with E-state index >= 15 is 0 Å². The Balaban J connectivity index is 1.65. The number of likely N-dealkylation sites (tertiary alicyclic amines) is 1. The van der Waals surface area contributed by atoms with Crippen LogP contribution in [0.1, 0.15) is 65.7 Å². The summed E-state index contributed by atoms with van der Waals surface area (Å²) in [6, 6.07) is 0.323. The Bertz CT molecular complexity index is 553. The second-order valence-electron chi connectivity index (χ2n) is 9.12. The molecule has 3 aliphatic rings. The number of aliphatic carboxylic acids is 1. The quantitative estimate of drug-likeness (QED) is 0.796. The van der Waals surface area contributed by atoms with Gasteiger partial charge in [0.25, 0.3) is 0 Å². The number of amides is 1. The van der Waals surface area contributed by atoms with Crippen LogP contribution in [0.15, 0.2) is 0 Å². The van der Waals surface area contributed by atoms with Crippen molar-refractivity contribution in [3.05, 3.63) is 0 Å². The number of carboxylic acids is 1. The fourth-order valence-corrected chi connectivity index (χ4v) is 4.66. The first-order chi connectivity index (χ1) is 12.1. The predicted octanol–water partition coefficient (Wildman–Crippen LogP) is 2.53. The first-order valence-electron chi connectivity index (χ1n) is 9.76. The van der Waals surface area contributed by atoms with Crippen LogP contribution in [0.25, 0.3) is 0 Å². The number of rotatable bonds is 3. The van der Waals surface area contributed by atoms with Gasteiger partial charge in [0.05, 0.1) is 5.60 Å². The summed E-state index contributed by atoms with van der Waals surface area (Å²) >= 11 is 0. The molecular weight excluding hydrogens is 336 g/mol. The Labute approximate surface area is 155 Å². The molecule has 0 bridgehead atoms. The zero-order valence-corrected chi connectivity index (χ0v) is 16.2. The molecule has 2 atom stereocenters. The SMILES string of the molecule is CC(C)(C)OC(=O)NC1(C(=O)O)CCN(C2CCOC3(CCCC3)C2)C1. The van der Waals surface area contributed by atoms with Gasteiger partial charge >= 0.3 is 12.1 Å². The van der Waals surface area contributed by atoms with Crippen LogP contribution in [-0.2, 0) is 14.3 Å². The van der Waals surface area contributed by atoms with Gasteiger partial charge in [-0.2, -0.15) is 0 Å². The van der Waals surface area contributed by atoms with Crippen LogP contribution in [0, 0.1) is 0 Å². The van der Waals surface area contributed by atoms with Crippen molar-refractivity contribution >= 4 is 12.1 Å². The number of nitrogens with one attached hydrogen (secondary N) is 1. The van der Waals surface area contributed by atoms with Gasteiger partial charge in [0.2, 0.25) is 0 Å². The van der Waals surface area contributed by atoms with Crippen LogP contribution in [0.2, 0.25) is 0 Å². The van der Waals surface area contributed by atoms with E-state index in [1.807, 2.05) is 0 Å². The summed E-state index contributed by atoms with van der Waals surface area (Å²) in [6.45, 7) is 7.03. The number of hydrogen-bond acceptors (Lipinski definition) is 5. The van der Waals surface area contributed by atoms with Crippen LogP contribution in [0.4, 0.5) is 4.79 Å². The number of carboxylic acid groups (broad SMARTS) is 1. The second kappa shape index (κ2) is 7.00. The number of ether oxygens (including phenoxy) is 2. The van der Waals surface area contributed by atoms with Gasteiger partial charge in [-0.3, -0.25) is 4.90 Å². The van der Waals surface area contributed by atoms with Gasteiger partial charge in [-0.05, 0) is 52.9 Å². The Hall–Kier alpha value is -1.34. The molecule has 26 heavy (non-hydrogen) atoms. The van der Waals surface area contributed by atoms with E-state index in [9.17, 15) is 14.7 Å². The topological polar surface area (TPSA) is 88.1 Å². The second-order valence-corrected chi connectivity index (χ2v) is 9.12. The summed E-state index contributed by atoms with van der Waals surface area (Å²) < 4.78 is 11.4. The molecule has 3 rings (SSSR count). The Morgan fingerprint density at radius 3 is 2.54 bits per heavy atom.